The molecule has 4 heteroatoms. The van der Waals surface area contributed by atoms with E-state index in [-0.39, 0.29) is 0 Å². The Morgan fingerprint density at radius 2 is 2.11 bits per heavy atom. The SMILES string of the molecule is CC(C)N(Cc1ccc(Br)o1)CC1CCNCC1. The lowest BCUT2D eigenvalue weighted by molar-refractivity contribution is 0.150. The molecule has 0 bridgehead atoms. The third kappa shape index (κ3) is 4.11. The minimum absolute atomic E-state index is 0.559. The number of hydrogen-bond acceptors (Lipinski definition) is 3. The first-order chi connectivity index (χ1) is 8.65. The zero-order chi connectivity index (χ0) is 13.0. The molecule has 0 amide bonds. The molecule has 1 saturated heterocycles. The Balaban J connectivity index is 1.90. The molecular weight excluding hydrogens is 292 g/mol. The lowest BCUT2D eigenvalue weighted by Crippen LogP contribution is -2.39. The van der Waals surface area contributed by atoms with Crippen molar-refractivity contribution in [3.05, 3.63) is 22.6 Å². The smallest absolute Gasteiger partial charge is 0.169 e. The van der Waals surface area contributed by atoms with Crippen molar-refractivity contribution in [3.8, 4) is 0 Å². The maximum absolute atomic E-state index is 5.62. The predicted octanol–water partition coefficient (Wildman–Crippen LogP) is 3.25. The first-order valence-corrected chi connectivity index (χ1v) is 7.63. The van der Waals surface area contributed by atoms with Crippen LogP contribution in [0.2, 0.25) is 0 Å². The minimum Gasteiger partial charge on any atom is -0.453 e. The second-order valence-electron chi connectivity index (χ2n) is 5.42. The second kappa shape index (κ2) is 6.73. The van der Waals surface area contributed by atoms with Crippen LogP contribution in [0.3, 0.4) is 0 Å². The van der Waals surface area contributed by atoms with Gasteiger partial charge in [0.15, 0.2) is 4.67 Å². The minimum atomic E-state index is 0.559. The van der Waals surface area contributed by atoms with Crippen LogP contribution in [-0.4, -0.2) is 30.6 Å². The number of rotatable bonds is 5. The quantitative estimate of drug-likeness (QED) is 0.904. The average molecular weight is 315 g/mol. The Labute approximate surface area is 118 Å². The zero-order valence-electron chi connectivity index (χ0n) is 11.3. The summed E-state index contributed by atoms with van der Waals surface area (Å²) in [5.41, 5.74) is 0. The Morgan fingerprint density at radius 1 is 1.39 bits per heavy atom. The first kappa shape index (κ1) is 14.1. The van der Waals surface area contributed by atoms with E-state index in [2.05, 4.69) is 46.1 Å². The molecule has 1 N–H and O–H groups in total. The fourth-order valence-corrected chi connectivity index (χ4v) is 2.83. The molecule has 2 rings (SSSR count). The molecule has 18 heavy (non-hydrogen) atoms. The van der Waals surface area contributed by atoms with Gasteiger partial charge < -0.3 is 9.73 Å². The Morgan fingerprint density at radius 3 is 2.67 bits per heavy atom. The van der Waals surface area contributed by atoms with E-state index in [1.165, 1.54) is 32.5 Å². The van der Waals surface area contributed by atoms with Crippen LogP contribution in [-0.2, 0) is 6.54 Å². The highest BCUT2D eigenvalue weighted by Crippen LogP contribution is 2.20. The Kier molecular flexibility index (Phi) is 5.27. The summed E-state index contributed by atoms with van der Waals surface area (Å²) in [6, 6.07) is 4.59. The molecule has 1 aliphatic heterocycles. The molecule has 0 aliphatic carbocycles. The van der Waals surface area contributed by atoms with E-state index in [0.29, 0.717) is 6.04 Å². The van der Waals surface area contributed by atoms with Gasteiger partial charge in [-0.15, -0.1) is 0 Å². The van der Waals surface area contributed by atoms with E-state index in [9.17, 15) is 0 Å². The molecule has 0 spiro atoms. The van der Waals surface area contributed by atoms with Gasteiger partial charge in [0.25, 0.3) is 0 Å². The number of piperidine rings is 1. The third-order valence-corrected chi connectivity index (χ3v) is 4.10. The van der Waals surface area contributed by atoms with E-state index < -0.39 is 0 Å². The van der Waals surface area contributed by atoms with Gasteiger partial charge in [-0.3, -0.25) is 4.90 Å². The van der Waals surface area contributed by atoms with E-state index in [1.807, 2.05) is 6.07 Å². The van der Waals surface area contributed by atoms with Crippen molar-refractivity contribution in [1.29, 1.82) is 0 Å². The van der Waals surface area contributed by atoms with Crippen molar-refractivity contribution >= 4 is 15.9 Å². The van der Waals surface area contributed by atoms with Crippen molar-refractivity contribution in [2.75, 3.05) is 19.6 Å². The van der Waals surface area contributed by atoms with Crippen molar-refractivity contribution in [2.24, 2.45) is 5.92 Å². The van der Waals surface area contributed by atoms with Gasteiger partial charge in [0, 0.05) is 12.6 Å². The van der Waals surface area contributed by atoms with Crippen LogP contribution in [0.15, 0.2) is 21.2 Å². The predicted molar refractivity (Wildman–Crippen MR) is 77.5 cm³/mol. The highest BCUT2D eigenvalue weighted by molar-refractivity contribution is 9.10. The third-order valence-electron chi connectivity index (χ3n) is 3.67. The summed E-state index contributed by atoms with van der Waals surface area (Å²) in [7, 11) is 0. The number of furan rings is 1. The van der Waals surface area contributed by atoms with E-state index in [1.54, 1.807) is 0 Å². The van der Waals surface area contributed by atoms with E-state index in [4.69, 9.17) is 4.42 Å². The molecule has 0 atom stereocenters. The number of nitrogens with one attached hydrogen (secondary N) is 1. The molecule has 1 aliphatic rings. The molecule has 102 valence electrons. The maximum Gasteiger partial charge on any atom is 0.169 e. The summed E-state index contributed by atoms with van der Waals surface area (Å²) < 4.78 is 6.44. The molecule has 3 nitrogen and oxygen atoms in total. The largest absolute Gasteiger partial charge is 0.453 e. The van der Waals surface area contributed by atoms with Crippen LogP contribution in [0, 0.1) is 5.92 Å². The summed E-state index contributed by atoms with van der Waals surface area (Å²) in [6.45, 7) is 8.95. The normalized spacial score (nSPS) is 17.8. The van der Waals surface area contributed by atoms with Gasteiger partial charge in [-0.1, -0.05) is 0 Å². The summed E-state index contributed by atoms with van der Waals surface area (Å²) in [5, 5.41) is 3.43. The summed E-state index contributed by atoms with van der Waals surface area (Å²) >= 11 is 3.36. The van der Waals surface area contributed by atoms with Crippen molar-refractivity contribution in [1.82, 2.24) is 10.2 Å². The maximum atomic E-state index is 5.62. The first-order valence-electron chi connectivity index (χ1n) is 6.84. The zero-order valence-corrected chi connectivity index (χ0v) is 12.9. The summed E-state index contributed by atoms with van der Waals surface area (Å²) in [4.78, 5) is 2.52. The van der Waals surface area contributed by atoms with Crippen LogP contribution in [0.4, 0.5) is 0 Å². The number of nitrogens with zero attached hydrogens (tertiary/aromatic N) is 1. The second-order valence-corrected chi connectivity index (χ2v) is 6.20. The van der Waals surface area contributed by atoms with Crippen LogP contribution < -0.4 is 5.32 Å². The highest BCUT2D eigenvalue weighted by Gasteiger charge is 2.19. The van der Waals surface area contributed by atoms with Gasteiger partial charge in [-0.05, 0) is 73.8 Å². The Bertz CT molecular complexity index is 358. The van der Waals surface area contributed by atoms with Crippen LogP contribution in [0.1, 0.15) is 32.4 Å². The molecule has 0 aromatic carbocycles. The van der Waals surface area contributed by atoms with E-state index >= 15 is 0 Å². The summed E-state index contributed by atoms with van der Waals surface area (Å²) in [5.74, 6) is 1.87. The monoisotopic (exact) mass is 314 g/mol. The lowest BCUT2D eigenvalue weighted by Gasteiger charge is -2.32. The molecular formula is C14H23BrN2O. The number of halogens is 1. The van der Waals surface area contributed by atoms with E-state index in [0.717, 1.165) is 22.9 Å². The van der Waals surface area contributed by atoms with Crippen LogP contribution >= 0.6 is 15.9 Å². The van der Waals surface area contributed by atoms with Gasteiger partial charge in [-0.2, -0.15) is 0 Å². The summed E-state index contributed by atoms with van der Waals surface area (Å²) in [6.07, 6.45) is 2.59. The molecule has 2 heterocycles. The van der Waals surface area contributed by atoms with Crippen LogP contribution in [0.25, 0.3) is 0 Å². The highest BCUT2D eigenvalue weighted by atomic mass is 79.9. The molecule has 1 aromatic rings. The van der Waals surface area contributed by atoms with Crippen molar-refractivity contribution < 1.29 is 4.42 Å². The van der Waals surface area contributed by atoms with Gasteiger partial charge in [0.05, 0.1) is 6.54 Å². The molecule has 1 fully saturated rings. The van der Waals surface area contributed by atoms with Gasteiger partial charge in [0.1, 0.15) is 5.76 Å². The number of hydrogen-bond donors (Lipinski definition) is 1. The molecule has 1 aromatic heterocycles. The fraction of sp³-hybridized carbons (Fsp3) is 0.714. The topological polar surface area (TPSA) is 28.4 Å². The lowest BCUT2D eigenvalue weighted by atomic mass is 9.97. The molecule has 0 radical (unpaired) electrons. The fourth-order valence-electron chi connectivity index (χ4n) is 2.49. The average Bonchev–Trinajstić information content (AvgIpc) is 2.75. The standard InChI is InChI=1S/C14H23BrN2O/c1-11(2)17(9-12-5-7-16-8-6-12)10-13-3-4-14(15)18-13/h3-4,11-12,16H,5-10H2,1-2H3. The molecule has 0 unspecified atom stereocenters. The van der Waals surface area contributed by atoms with Crippen molar-refractivity contribution in [3.63, 3.8) is 0 Å². The van der Waals surface area contributed by atoms with Crippen molar-refractivity contribution in [2.45, 2.75) is 39.3 Å². The Hall–Kier alpha value is -0.320. The van der Waals surface area contributed by atoms with Gasteiger partial charge in [0.2, 0.25) is 0 Å². The molecule has 0 saturated carbocycles. The van der Waals surface area contributed by atoms with Gasteiger partial charge >= 0.3 is 0 Å². The van der Waals surface area contributed by atoms with Gasteiger partial charge in [-0.25, -0.2) is 0 Å². The van der Waals surface area contributed by atoms with Crippen LogP contribution in [0.5, 0.6) is 0 Å².